The molecule has 1 heterocycles. The molecule has 3 aromatic rings. The number of nitrogens with one attached hydrogen (secondary N) is 1. The molecule has 3 aromatic carbocycles. The van der Waals surface area contributed by atoms with Gasteiger partial charge in [-0.1, -0.05) is 74.7 Å². The topological polar surface area (TPSA) is 41.6 Å². The highest BCUT2D eigenvalue weighted by molar-refractivity contribution is 6.03. The van der Waals surface area contributed by atoms with E-state index in [0.717, 1.165) is 34.7 Å². The number of hydrogen-bond acceptors (Lipinski definition) is 2. The summed E-state index contributed by atoms with van der Waals surface area (Å²) in [5.41, 5.74) is 6.57. The molecule has 0 atom stereocenters. The number of ether oxygens (including phenoxy) is 1. The lowest BCUT2D eigenvalue weighted by molar-refractivity contribution is 0.250. The summed E-state index contributed by atoms with van der Waals surface area (Å²) in [6.07, 6.45) is 7.58. The maximum Gasteiger partial charge on any atom is 0.326 e. The summed E-state index contributed by atoms with van der Waals surface area (Å²) in [5, 5.41) is 3.09. The van der Waals surface area contributed by atoms with Gasteiger partial charge in [-0.25, -0.2) is 4.79 Å². The summed E-state index contributed by atoms with van der Waals surface area (Å²) < 4.78 is 5.96. The molecule has 0 radical (unpaired) electrons. The minimum Gasteiger partial charge on any atom is -0.490 e. The fourth-order valence-electron chi connectivity index (χ4n) is 5.13. The fourth-order valence-corrected chi connectivity index (χ4v) is 5.13. The molecule has 2 amide bonds. The molecule has 33 heavy (non-hydrogen) atoms. The number of hydrogen-bond donors (Lipinski definition) is 1. The smallest absolute Gasteiger partial charge is 0.326 e. The number of anilines is 2. The van der Waals surface area contributed by atoms with E-state index >= 15 is 0 Å². The van der Waals surface area contributed by atoms with Crippen LogP contribution in [0.15, 0.2) is 66.7 Å². The molecule has 4 nitrogen and oxygen atoms in total. The van der Waals surface area contributed by atoms with E-state index in [0.29, 0.717) is 19.1 Å². The first kappa shape index (κ1) is 21.6. The fraction of sp³-hybridized carbons (Fsp3) is 0.345. The SMILES string of the molecule is CCc1ccccc1NC(=O)N1CCOc2cc(-c3ccc(C4CCCCC4)cc3)ccc21. The van der Waals surface area contributed by atoms with Crippen molar-refractivity contribution in [3.8, 4) is 16.9 Å². The summed E-state index contributed by atoms with van der Waals surface area (Å²) in [5.74, 6) is 1.47. The lowest BCUT2D eigenvalue weighted by atomic mass is 9.84. The largest absolute Gasteiger partial charge is 0.490 e. The standard InChI is InChI=1S/C29H32N2O2/c1-2-21-8-6-7-11-26(21)30-29(32)31-18-19-33-28-20-25(16-17-27(28)31)24-14-12-23(13-15-24)22-9-4-3-5-10-22/h6-8,11-17,20,22H,2-5,9-10,18-19H2,1H3,(H,30,32). The Morgan fingerprint density at radius 1 is 0.970 bits per heavy atom. The Balaban J connectivity index is 1.34. The third-order valence-corrected chi connectivity index (χ3v) is 7.03. The molecule has 5 rings (SSSR count). The first-order valence-electron chi connectivity index (χ1n) is 12.3. The van der Waals surface area contributed by atoms with Gasteiger partial charge < -0.3 is 10.1 Å². The second-order valence-electron chi connectivity index (χ2n) is 9.08. The Morgan fingerprint density at radius 2 is 1.73 bits per heavy atom. The first-order valence-corrected chi connectivity index (χ1v) is 12.3. The monoisotopic (exact) mass is 440 g/mol. The van der Waals surface area contributed by atoms with Crippen LogP contribution in [-0.4, -0.2) is 19.2 Å². The van der Waals surface area contributed by atoms with Crippen LogP contribution >= 0.6 is 0 Å². The van der Waals surface area contributed by atoms with Gasteiger partial charge in [-0.05, 0) is 65.6 Å². The second kappa shape index (κ2) is 9.70. The van der Waals surface area contributed by atoms with Gasteiger partial charge in [0.15, 0.2) is 0 Å². The van der Waals surface area contributed by atoms with Crippen LogP contribution in [0.2, 0.25) is 0 Å². The van der Waals surface area contributed by atoms with Crippen LogP contribution in [0.25, 0.3) is 11.1 Å². The van der Waals surface area contributed by atoms with Crippen LogP contribution in [0.3, 0.4) is 0 Å². The van der Waals surface area contributed by atoms with E-state index < -0.39 is 0 Å². The summed E-state index contributed by atoms with van der Waals surface area (Å²) in [7, 11) is 0. The van der Waals surface area contributed by atoms with Crippen LogP contribution in [0.1, 0.15) is 56.1 Å². The lowest BCUT2D eigenvalue weighted by Gasteiger charge is -2.30. The number of para-hydroxylation sites is 1. The molecule has 0 spiro atoms. The van der Waals surface area contributed by atoms with E-state index in [1.165, 1.54) is 43.2 Å². The van der Waals surface area contributed by atoms with E-state index in [4.69, 9.17) is 4.74 Å². The molecule has 170 valence electrons. The summed E-state index contributed by atoms with van der Waals surface area (Å²) in [4.78, 5) is 14.9. The van der Waals surface area contributed by atoms with Crippen molar-refractivity contribution in [2.24, 2.45) is 0 Å². The average molecular weight is 441 g/mol. The third-order valence-electron chi connectivity index (χ3n) is 7.03. The van der Waals surface area contributed by atoms with Gasteiger partial charge >= 0.3 is 6.03 Å². The maximum absolute atomic E-state index is 13.1. The summed E-state index contributed by atoms with van der Waals surface area (Å²) >= 11 is 0. The highest BCUT2D eigenvalue weighted by Crippen LogP contribution is 2.37. The number of rotatable bonds is 4. The van der Waals surface area contributed by atoms with Crippen molar-refractivity contribution < 1.29 is 9.53 Å². The van der Waals surface area contributed by atoms with Crippen molar-refractivity contribution in [1.29, 1.82) is 0 Å². The maximum atomic E-state index is 13.1. The van der Waals surface area contributed by atoms with E-state index in [2.05, 4.69) is 54.7 Å². The number of aryl methyl sites for hydroxylation is 1. The lowest BCUT2D eigenvalue weighted by Crippen LogP contribution is -2.40. The average Bonchev–Trinajstić information content (AvgIpc) is 2.89. The highest BCUT2D eigenvalue weighted by atomic mass is 16.5. The van der Waals surface area contributed by atoms with Crippen LogP contribution in [0, 0.1) is 0 Å². The minimum atomic E-state index is -0.120. The van der Waals surface area contributed by atoms with E-state index in [1.807, 2.05) is 24.3 Å². The van der Waals surface area contributed by atoms with E-state index in [1.54, 1.807) is 4.90 Å². The zero-order valence-electron chi connectivity index (χ0n) is 19.3. The van der Waals surface area contributed by atoms with Crippen molar-refractivity contribution in [3.05, 3.63) is 77.9 Å². The Bertz CT molecular complexity index is 1120. The highest BCUT2D eigenvalue weighted by Gasteiger charge is 2.25. The predicted octanol–water partition coefficient (Wildman–Crippen LogP) is 7.39. The number of nitrogens with zero attached hydrogens (tertiary/aromatic N) is 1. The number of carbonyl (C=O) groups is 1. The molecule has 4 heteroatoms. The van der Waals surface area contributed by atoms with Crippen molar-refractivity contribution in [2.75, 3.05) is 23.4 Å². The normalized spacial score (nSPS) is 16.1. The minimum absolute atomic E-state index is 0.120. The number of amides is 2. The zero-order chi connectivity index (χ0) is 22.6. The summed E-state index contributed by atoms with van der Waals surface area (Å²) in [6.45, 7) is 3.11. The molecule has 1 N–H and O–H groups in total. The van der Waals surface area contributed by atoms with Gasteiger partial charge in [-0.2, -0.15) is 0 Å². The van der Waals surface area contributed by atoms with E-state index in [9.17, 15) is 4.79 Å². The molecule has 0 saturated heterocycles. The molecule has 0 unspecified atom stereocenters. The van der Waals surface area contributed by atoms with Gasteiger partial charge in [0.05, 0.1) is 12.2 Å². The zero-order valence-corrected chi connectivity index (χ0v) is 19.3. The van der Waals surface area contributed by atoms with Gasteiger partial charge in [0.2, 0.25) is 0 Å². The summed E-state index contributed by atoms with van der Waals surface area (Å²) in [6, 6.07) is 23.0. The van der Waals surface area contributed by atoms with Gasteiger partial charge in [0.1, 0.15) is 12.4 Å². The van der Waals surface area contributed by atoms with Crippen molar-refractivity contribution in [2.45, 2.75) is 51.4 Å². The molecular weight excluding hydrogens is 408 g/mol. The van der Waals surface area contributed by atoms with Crippen LogP contribution in [0.5, 0.6) is 5.75 Å². The number of benzene rings is 3. The van der Waals surface area contributed by atoms with Gasteiger partial charge in [-0.15, -0.1) is 0 Å². The predicted molar refractivity (Wildman–Crippen MR) is 135 cm³/mol. The Morgan fingerprint density at radius 3 is 2.52 bits per heavy atom. The Labute approximate surface area is 196 Å². The van der Waals surface area contributed by atoms with Crippen molar-refractivity contribution >= 4 is 17.4 Å². The number of carbonyl (C=O) groups excluding carboxylic acids is 1. The molecule has 1 saturated carbocycles. The number of urea groups is 1. The molecule has 1 aliphatic carbocycles. The van der Waals surface area contributed by atoms with E-state index in [-0.39, 0.29) is 6.03 Å². The molecule has 0 aromatic heterocycles. The second-order valence-corrected chi connectivity index (χ2v) is 9.08. The van der Waals surface area contributed by atoms with Crippen molar-refractivity contribution in [3.63, 3.8) is 0 Å². The first-order chi connectivity index (χ1) is 16.2. The van der Waals surface area contributed by atoms with Gasteiger partial charge in [0, 0.05) is 5.69 Å². The quantitative estimate of drug-likeness (QED) is 0.459. The van der Waals surface area contributed by atoms with Crippen LogP contribution in [0.4, 0.5) is 16.2 Å². The molecule has 2 aliphatic rings. The molecule has 1 aliphatic heterocycles. The Hall–Kier alpha value is -3.27. The third kappa shape index (κ3) is 4.61. The number of fused-ring (bicyclic) bond motifs is 1. The van der Waals surface area contributed by atoms with Gasteiger partial charge in [-0.3, -0.25) is 4.90 Å². The molecule has 1 fully saturated rings. The molecular formula is C29H32N2O2. The van der Waals surface area contributed by atoms with Gasteiger partial charge in [0.25, 0.3) is 0 Å². The Kier molecular flexibility index (Phi) is 6.34. The van der Waals surface area contributed by atoms with Crippen LogP contribution < -0.4 is 15.0 Å². The molecule has 0 bridgehead atoms. The van der Waals surface area contributed by atoms with Crippen LogP contribution in [-0.2, 0) is 6.42 Å². The van der Waals surface area contributed by atoms with Crippen molar-refractivity contribution in [1.82, 2.24) is 0 Å².